The topological polar surface area (TPSA) is 6.48 Å². The first kappa shape index (κ1) is 16.5. The van der Waals surface area contributed by atoms with Crippen molar-refractivity contribution in [2.24, 2.45) is 0 Å². The molecule has 2 nitrogen and oxygen atoms in total. The van der Waals surface area contributed by atoms with Crippen molar-refractivity contribution < 1.29 is 0 Å². The third kappa shape index (κ3) is 3.60. The summed E-state index contributed by atoms with van der Waals surface area (Å²) in [6.07, 6.45) is 4.13. The van der Waals surface area contributed by atoms with Gasteiger partial charge in [-0.15, -0.1) is 0 Å². The number of allylic oxidation sites excluding steroid dienone is 1. The summed E-state index contributed by atoms with van der Waals surface area (Å²) in [6.45, 7) is 12.5. The van der Waals surface area contributed by atoms with E-state index >= 15 is 0 Å². The van der Waals surface area contributed by atoms with Crippen molar-refractivity contribution in [1.29, 1.82) is 0 Å². The first-order valence-electron chi connectivity index (χ1n) is 8.29. The van der Waals surface area contributed by atoms with Crippen LogP contribution in [0, 0.1) is 0 Å². The molecule has 2 heterocycles. The van der Waals surface area contributed by atoms with E-state index in [1.165, 1.54) is 16.7 Å². The molecular weight excluding hydrogens is 304 g/mol. The van der Waals surface area contributed by atoms with Gasteiger partial charge in [0.05, 0.1) is 0 Å². The summed E-state index contributed by atoms with van der Waals surface area (Å²) in [4.78, 5) is 5.15. The summed E-state index contributed by atoms with van der Waals surface area (Å²) in [5.41, 5.74) is 4.05. The fourth-order valence-electron chi connectivity index (χ4n) is 3.86. The minimum atomic E-state index is 0.433. The Morgan fingerprint density at radius 2 is 2.04 bits per heavy atom. The number of benzene rings is 1. The molecule has 122 valence electrons. The van der Waals surface area contributed by atoms with Gasteiger partial charge in [-0.25, -0.2) is 0 Å². The minimum absolute atomic E-state index is 0.433. The SMILES string of the molecule is C=CC1=C(/C=C(\C)Cl)CN2C(C)CN(Cc3ccccc3)CC12. The van der Waals surface area contributed by atoms with E-state index in [0.717, 1.165) is 31.2 Å². The van der Waals surface area contributed by atoms with E-state index in [9.17, 15) is 0 Å². The zero-order valence-corrected chi connectivity index (χ0v) is 14.8. The lowest BCUT2D eigenvalue weighted by Crippen LogP contribution is -2.55. The second kappa shape index (κ2) is 7.04. The molecule has 1 aromatic carbocycles. The van der Waals surface area contributed by atoms with Crippen molar-refractivity contribution in [2.45, 2.75) is 32.5 Å². The lowest BCUT2D eigenvalue weighted by molar-refractivity contribution is 0.0618. The van der Waals surface area contributed by atoms with Gasteiger partial charge in [-0.1, -0.05) is 54.6 Å². The summed E-state index contributed by atoms with van der Waals surface area (Å²) in [6, 6.07) is 11.7. The van der Waals surface area contributed by atoms with E-state index in [2.05, 4.69) is 59.7 Å². The molecule has 1 aromatic rings. The fraction of sp³-hybridized carbons (Fsp3) is 0.400. The maximum Gasteiger partial charge on any atom is 0.0485 e. The Bertz CT molecular complexity index is 628. The Labute approximate surface area is 144 Å². The van der Waals surface area contributed by atoms with Crippen LogP contribution in [0.5, 0.6) is 0 Å². The Morgan fingerprint density at radius 1 is 1.30 bits per heavy atom. The standard InChI is InChI=1S/C20H25ClN2/c1-4-19-18(10-15(2)21)13-23-16(3)11-22(14-20(19)23)12-17-8-6-5-7-9-17/h4-10,16,20H,1,11-14H2,2-3H3/b15-10+. The normalized spacial score (nSPS) is 26.5. The number of fused-ring (bicyclic) bond motifs is 1. The molecule has 0 aliphatic carbocycles. The Hall–Kier alpha value is -1.35. The molecule has 1 saturated heterocycles. The van der Waals surface area contributed by atoms with Gasteiger partial charge in [0.2, 0.25) is 0 Å². The van der Waals surface area contributed by atoms with Crippen molar-refractivity contribution in [3.8, 4) is 0 Å². The van der Waals surface area contributed by atoms with Crippen molar-refractivity contribution in [1.82, 2.24) is 9.80 Å². The van der Waals surface area contributed by atoms with E-state index < -0.39 is 0 Å². The highest BCUT2D eigenvalue weighted by atomic mass is 35.5. The molecule has 0 aromatic heterocycles. The van der Waals surface area contributed by atoms with Crippen molar-refractivity contribution in [3.63, 3.8) is 0 Å². The number of halogens is 1. The third-order valence-corrected chi connectivity index (χ3v) is 4.95. The number of piperazine rings is 1. The lowest BCUT2D eigenvalue weighted by Gasteiger charge is -2.43. The highest BCUT2D eigenvalue weighted by Crippen LogP contribution is 2.33. The number of rotatable bonds is 4. The van der Waals surface area contributed by atoms with Gasteiger partial charge in [-0.2, -0.15) is 0 Å². The Morgan fingerprint density at radius 3 is 2.70 bits per heavy atom. The zero-order chi connectivity index (χ0) is 16.4. The largest absolute Gasteiger partial charge is 0.296 e. The van der Waals surface area contributed by atoms with Crippen LogP contribution in [-0.2, 0) is 6.54 Å². The quantitative estimate of drug-likeness (QED) is 0.817. The van der Waals surface area contributed by atoms with Crippen LogP contribution in [0.2, 0.25) is 0 Å². The number of hydrogen-bond donors (Lipinski definition) is 0. The van der Waals surface area contributed by atoms with E-state index in [0.29, 0.717) is 12.1 Å². The molecule has 0 saturated carbocycles. The molecule has 23 heavy (non-hydrogen) atoms. The summed E-state index contributed by atoms with van der Waals surface area (Å²) in [5, 5.41) is 0.841. The van der Waals surface area contributed by atoms with Gasteiger partial charge in [0.25, 0.3) is 0 Å². The van der Waals surface area contributed by atoms with Crippen LogP contribution in [0.1, 0.15) is 19.4 Å². The lowest BCUT2D eigenvalue weighted by atomic mass is 10.0. The molecule has 3 rings (SSSR count). The Balaban J connectivity index is 1.80. The van der Waals surface area contributed by atoms with E-state index in [1.807, 2.05) is 13.0 Å². The molecule has 2 unspecified atom stereocenters. The molecule has 0 amide bonds. The molecule has 3 heteroatoms. The zero-order valence-electron chi connectivity index (χ0n) is 14.0. The van der Waals surface area contributed by atoms with Crippen LogP contribution in [0.4, 0.5) is 0 Å². The molecule has 0 radical (unpaired) electrons. The van der Waals surface area contributed by atoms with E-state index in [4.69, 9.17) is 11.6 Å². The molecular formula is C20H25ClN2. The number of hydrogen-bond acceptors (Lipinski definition) is 2. The average molecular weight is 329 g/mol. The van der Waals surface area contributed by atoms with E-state index in [-0.39, 0.29) is 0 Å². The molecule has 0 spiro atoms. The summed E-state index contributed by atoms with van der Waals surface area (Å²) >= 11 is 6.11. The molecule has 2 aliphatic heterocycles. The van der Waals surface area contributed by atoms with Crippen LogP contribution < -0.4 is 0 Å². The highest BCUT2D eigenvalue weighted by molar-refractivity contribution is 6.29. The first-order chi connectivity index (χ1) is 11.1. The monoisotopic (exact) mass is 328 g/mol. The summed E-state index contributed by atoms with van der Waals surface area (Å²) in [7, 11) is 0. The van der Waals surface area contributed by atoms with Crippen LogP contribution in [-0.4, -0.2) is 41.5 Å². The molecule has 2 atom stereocenters. The average Bonchev–Trinajstić information content (AvgIpc) is 2.85. The highest BCUT2D eigenvalue weighted by Gasteiger charge is 2.38. The third-order valence-electron chi connectivity index (χ3n) is 4.84. The van der Waals surface area contributed by atoms with Gasteiger partial charge in [0.1, 0.15) is 0 Å². The fourth-order valence-corrected chi connectivity index (χ4v) is 3.99. The molecule has 1 fully saturated rings. The molecule has 2 aliphatic rings. The van der Waals surface area contributed by atoms with Crippen LogP contribution in [0.3, 0.4) is 0 Å². The van der Waals surface area contributed by atoms with Crippen molar-refractivity contribution >= 4 is 11.6 Å². The van der Waals surface area contributed by atoms with Crippen molar-refractivity contribution in [2.75, 3.05) is 19.6 Å². The second-order valence-electron chi connectivity index (χ2n) is 6.63. The van der Waals surface area contributed by atoms with Gasteiger partial charge >= 0.3 is 0 Å². The molecule has 0 N–H and O–H groups in total. The van der Waals surface area contributed by atoms with Crippen molar-refractivity contribution in [3.05, 3.63) is 70.8 Å². The van der Waals surface area contributed by atoms with Gasteiger partial charge in [-0.3, -0.25) is 9.80 Å². The second-order valence-corrected chi connectivity index (χ2v) is 7.23. The summed E-state index contributed by atoms with van der Waals surface area (Å²) < 4.78 is 0. The first-order valence-corrected chi connectivity index (χ1v) is 8.67. The smallest absolute Gasteiger partial charge is 0.0485 e. The van der Waals surface area contributed by atoms with Crippen LogP contribution in [0.15, 0.2) is 65.2 Å². The maximum absolute atomic E-state index is 6.11. The van der Waals surface area contributed by atoms with Gasteiger partial charge in [0.15, 0.2) is 0 Å². The van der Waals surface area contributed by atoms with Gasteiger partial charge in [-0.05, 0) is 36.6 Å². The minimum Gasteiger partial charge on any atom is -0.296 e. The predicted molar refractivity (Wildman–Crippen MR) is 98.5 cm³/mol. The van der Waals surface area contributed by atoms with Crippen LogP contribution >= 0.6 is 11.6 Å². The molecule has 0 bridgehead atoms. The maximum atomic E-state index is 6.11. The van der Waals surface area contributed by atoms with Gasteiger partial charge in [0, 0.05) is 43.3 Å². The summed E-state index contributed by atoms with van der Waals surface area (Å²) in [5.74, 6) is 0. The predicted octanol–water partition coefficient (Wildman–Crippen LogP) is 4.20. The van der Waals surface area contributed by atoms with E-state index in [1.54, 1.807) is 0 Å². The Kier molecular flexibility index (Phi) is 5.05. The number of nitrogens with zero attached hydrogens (tertiary/aromatic N) is 2. The van der Waals surface area contributed by atoms with Crippen LogP contribution in [0.25, 0.3) is 0 Å². The van der Waals surface area contributed by atoms with Gasteiger partial charge < -0.3 is 0 Å².